The Bertz CT molecular complexity index is 413. The molecule has 0 bridgehead atoms. The molecule has 0 saturated carbocycles. The number of nitro groups is 1. The van der Waals surface area contributed by atoms with Crippen LogP contribution >= 0.6 is 0 Å². The van der Waals surface area contributed by atoms with Gasteiger partial charge in [-0.1, -0.05) is 0 Å². The molecule has 0 spiro atoms. The quantitative estimate of drug-likeness (QED) is 0.432. The predicted molar refractivity (Wildman–Crippen MR) is 57.4 cm³/mol. The first-order chi connectivity index (χ1) is 6.93. The van der Waals surface area contributed by atoms with Crippen molar-refractivity contribution in [2.24, 2.45) is 0 Å². The zero-order chi connectivity index (χ0) is 11.6. The van der Waals surface area contributed by atoms with Crippen LogP contribution in [-0.2, 0) is 0 Å². The molecule has 0 heterocycles. The minimum atomic E-state index is -0.538. The Hall–Kier alpha value is -1.91. The Morgan fingerprint density at radius 2 is 2.00 bits per heavy atom. The van der Waals surface area contributed by atoms with Crippen molar-refractivity contribution in [3.63, 3.8) is 0 Å². The van der Waals surface area contributed by atoms with E-state index in [9.17, 15) is 14.9 Å². The molecule has 5 heteroatoms. The molecule has 0 fully saturated rings. The summed E-state index contributed by atoms with van der Waals surface area (Å²) in [5, 5.41) is 10.7. The van der Waals surface area contributed by atoms with Gasteiger partial charge in [-0.15, -0.1) is 0 Å². The molecule has 5 nitrogen and oxygen atoms in total. The third-order valence-corrected chi connectivity index (χ3v) is 2.07. The fraction of sp³-hybridized carbons (Fsp3) is 0.300. The van der Waals surface area contributed by atoms with E-state index in [4.69, 9.17) is 0 Å². The van der Waals surface area contributed by atoms with Crippen molar-refractivity contribution < 1.29 is 9.72 Å². The maximum absolute atomic E-state index is 11.1. The van der Waals surface area contributed by atoms with Crippen molar-refractivity contribution in [1.82, 2.24) is 0 Å². The molecule has 0 saturated heterocycles. The molecule has 0 aliphatic heterocycles. The van der Waals surface area contributed by atoms with Gasteiger partial charge in [0.15, 0.2) is 5.78 Å². The minimum Gasteiger partial charge on any atom is -0.377 e. The first-order valence-electron chi connectivity index (χ1n) is 4.40. The summed E-state index contributed by atoms with van der Waals surface area (Å²) in [5.41, 5.74) is 0.700. The number of rotatable bonds is 3. The lowest BCUT2D eigenvalue weighted by atomic mass is 10.1. The van der Waals surface area contributed by atoms with Gasteiger partial charge in [-0.2, -0.15) is 0 Å². The van der Waals surface area contributed by atoms with Gasteiger partial charge >= 0.3 is 0 Å². The monoisotopic (exact) mass is 208 g/mol. The summed E-state index contributed by atoms with van der Waals surface area (Å²) in [6, 6.07) is 4.57. The van der Waals surface area contributed by atoms with E-state index in [0.717, 1.165) is 0 Å². The largest absolute Gasteiger partial charge is 0.377 e. The molecular formula is C10H12N2O3. The molecule has 0 aliphatic carbocycles. The molecule has 0 N–H and O–H groups in total. The van der Waals surface area contributed by atoms with Gasteiger partial charge in [-0.3, -0.25) is 14.9 Å². The van der Waals surface area contributed by atoms with E-state index in [0.29, 0.717) is 5.69 Å². The molecule has 0 atom stereocenters. The first-order valence-corrected chi connectivity index (χ1v) is 4.40. The molecule has 15 heavy (non-hydrogen) atoms. The average Bonchev–Trinajstić information content (AvgIpc) is 2.16. The second kappa shape index (κ2) is 4.08. The minimum absolute atomic E-state index is 0.144. The fourth-order valence-electron chi connectivity index (χ4n) is 1.25. The standard InChI is InChI=1S/C10H12N2O3/c1-7(13)9-5-4-8(11(2)3)6-10(9)12(14)15/h4-6H,1-3H3. The van der Waals surface area contributed by atoms with Crippen molar-refractivity contribution in [3.05, 3.63) is 33.9 Å². The van der Waals surface area contributed by atoms with Gasteiger partial charge < -0.3 is 4.90 Å². The highest BCUT2D eigenvalue weighted by Gasteiger charge is 2.18. The van der Waals surface area contributed by atoms with Gasteiger partial charge in [0.1, 0.15) is 0 Å². The highest BCUT2D eigenvalue weighted by atomic mass is 16.6. The van der Waals surface area contributed by atoms with Crippen LogP contribution in [0.25, 0.3) is 0 Å². The van der Waals surface area contributed by atoms with Crippen molar-refractivity contribution >= 4 is 17.2 Å². The molecule has 0 radical (unpaired) electrons. The lowest BCUT2D eigenvalue weighted by Gasteiger charge is -2.12. The van der Waals surface area contributed by atoms with E-state index in [1.807, 2.05) is 0 Å². The Kier molecular flexibility index (Phi) is 3.04. The van der Waals surface area contributed by atoms with Gasteiger partial charge in [0, 0.05) is 25.8 Å². The van der Waals surface area contributed by atoms with Gasteiger partial charge in [0.05, 0.1) is 10.5 Å². The second-order valence-corrected chi connectivity index (χ2v) is 3.41. The Labute approximate surface area is 87.5 Å². The Balaban J connectivity index is 3.33. The third kappa shape index (κ3) is 2.31. The van der Waals surface area contributed by atoms with Crippen molar-refractivity contribution in [3.8, 4) is 0 Å². The van der Waals surface area contributed by atoms with Crippen LogP contribution < -0.4 is 4.90 Å². The SMILES string of the molecule is CC(=O)c1ccc(N(C)C)cc1[N+](=O)[O-]. The van der Waals surface area contributed by atoms with E-state index in [1.54, 1.807) is 25.1 Å². The summed E-state index contributed by atoms with van der Waals surface area (Å²) in [4.78, 5) is 23.1. The number of carbonyl (C=O) groups is 1. The van der Waals surface area contributed by atoms with Crippen LogP contribution in [0.2, 0.25) is 0 Å². The smallest absolute Gasteiger partial charge is 0.282 e. The Morgan fingerprint density at radius 3 is 2.40 bits per heavy atom. The normalized spacial score (nSPS) is 9.80. The number of nitrogens with zero attached hydrogens (tertiary/aromatic N) is 2. The number of hydrogen-bond acceptors (Lipinski definition) is 4. The highest BCUT2D eigenvalue weighted by molar-refractivity contribution is 5.98. The topological polar surface area (TPSA) is 63.5 Å². The Morgan fingerprint density at radius 1 is 1.40 bits per heavy atom. The summed E-state index contributed by atoms with van der Waals surface area (Å²) in [7, 11) is 3.57. The van der Waals surface area contributed by atoms with E-state index in [1.165, 1.54) is 19.1 Å². The second-order valence-electron chi connectivity index (χ2n) is 3.41. The molecule has 1 aromatic rings. The lowest BCUT2D eigenvalue weighted by molar-refractivity contribution is -0.385. The number of anilines is 1. The molecule has 1 aromatic carbocycles. The predicted octanol–water partition coefficient (Wildman–Crippen LogP) is 1.86. The number of Topliss-reactive ketones (excluding diaryl/α,β-unsaturated/α-hetero) is 1. The van der Waals surface area contributed by atoms with Crippen LogP contribution in [0.4, 0.5) is 11.4 Å². The maximum Gasteiger partial charge on any atom is 0.282 e. The van der Waals surface area contributed by atoms with Gasteiger partial charge in [-0.25, -0.2) is 0 Å². The van der Waals surface area contributed by atoms with Gasteiger partial charge in [-0.05, 0) is 19.1 Å². The van der Waals surface area contributed by atoms with E-state index < -0.39 is 4.92 Å². The highest BCUT2D eigenvalue weighted by Crippen LogP contribution is 2.24. The number of nitro benzene ring substituents is 1. The fourth-order valence-corrected chi connectivity index (χ4v) is 1.25. The molecule has 1 rings (SSSR count). The average molecular weight is 208 g/mol. The molecular weight excluding hydrogens is 196 g/mol. The summed E-state index contributed by atoms with van der Waals surface area (Å²) in [6.07, 6.45) is 0. The lowest BCUT2D eigenvalue weighted by Crippen LogP contribution is -2.10. The van der Waals surface area contributed by atoms with Crippen LogP contribution in [0.5, 0.6) is 0 Å². The summed E-state index contributed by atoms with van der Waals surface area (Å²) in [5.74, 6) is -0.299. The number of hydrogen-bond donors (Lipinski definition) is 0. The van der Waals surface area contributed by atoms with Gasteiger partial charge in [0.2, 0.25) is 0 Å². The van der Waals surface area contributed by atoms with Gasteiger partial charge in [0.25, 0.3) is 5.69 Å². The van der Waals surface area contributed by atoms with Crippen molar-refractivity contribution in [2.45, 2.75) is 6.92 Å². The zero-order valence-corrected chi connectivity index (χ0v) is 8.85. The van der Waals surface area contributed by atoms with Crippen LogP contribution in [0, 0.1) is 10.1 Å². The molecule has 0 aliphatic rings. The number of benzene rings is 1. The first kappa shape index (κ1) is 11.2. The van der Waals surface area contributed by atoms with Crippen LogP contribution in [0.15, 0.2) is 18.2 Å². The summed E-state index contributed by atoms with van der Waals surface area (Å²) in [6.45, 7) is 1.32. The van der Waals surface area contributed by atoms with Crippen molar-refractivity contribution in [2.75, 3.05) is 19.0 Å². The zero-order valence-electron chi connectivity index (χ0n) is 8.85. The van der Waals surface area contributed by atoms with E-state index in [-0.39, 0.29) is 17.0 Å². The van der Waals surface area contributed by atoms with Crippen LogP contribution in [-0.4, -0.2) is 24.8 Å². The molecule has 0 amide bonds. The number of ketones is 1. The number of carbonyl (C=O) groups excluding carboxylic acids is 1. The molecule has 80 valence electrons. The van der Waals surface area contributed by atoms with Crippen LogP contribution in [0.3, 0.4) is 0 Å². The maximum atomic E-state index is 11.1. The summed E-state index contributed by atoms with van der Waals surface area (Å²) < 4.78 is 0. The van der Waals surface area contributed by atoms with E-state index in [2.05, 4.69) is 0 Å². The van der Waals surface area contributed by atoms with E-state index >= 15 is 0 Å². The molecule has 0 unspecified atom stereocenters. The van der Waals surface area contributed by atoms with Crippen LogP contribution in [0.1, 0.15) is 17.3 Å². The third-order valence-electron chi connectivity index (χ3n) is 2.07. The summed E-state index contributed by atoms with van der Waals surface area (Å²) >= 11 is 0. The molecule has 0 aromatic heterocycles. The van der Waals surface area contributed by atoms with Crippen molar-refractivity contribution in [1.29, 1.82) is 0 Å².